The first-order valence-electron chi connectivity index (χ1n) is 9.10. The first-order valence-corrected chi connectivity index (χ1v) is 13.4. The monoisotopic (exact) mass is 439 g/mol. The Labute approximate surface area is 165 Å². The molecule has 1 rings (SSSR count). The van der Waals surface area contributed by atoms with E-state index in [-0.39, 0.29) is 0 Å². The van der Waals surface area contributed by atoms with Crippen LogP contribution in [0.2, 0.25) is 0 Å². The number of aromatic nitrogens is 1. The van der Waals surface area contributed by atoms with Gasteiger partial charge in [-0.05, 0) is 30.1 Å². The largest absolute Gasteiger partial charge is 0.778 e. The van der Waals surface area contributed by atoms with Gasteiger partial charge in [0.15, 0.2) is 31.9 Å². The van der Waals surface area contributed by atoms with E-state index >= 15 is 0 Å². The van der Waals surface area contributed by atoms with Crippen LogP contribution in [0, 0.1) is 11.8 Å². The van der Waals surface area contributed by atoms with E-state index in [4.69, 9.17) is 4.89 Å². The van der Waals surface area contributed by atoms with E-state index < -0.39 is 27.1 Å². The summed E-state index contributed by atoms with van der Waals surface area (Å²) in [5.74, 6) is 2.27. The maximum Gasteiger partial charge on any atom is 0.343 e. The van der Waals surface area contributed by atoms with Crippen LogP contribution in [-0.2, 0) is 15.7 Å². The molecule has 0 aliphatic heterocycles. The Hall–Kier alpha value is -0.200. The Morgan fingerprint density at radius 3 is 2.37 bits per heavy atom. The average molecular weight is 439 g/mol. The van der Waals surface area contributed by atoms with Crippen LogP contribution in [0.4, 0.5) is 0 Å². The van der Waals surface area contributed by atoms with Gasteiger partial charge in [0.25, 0.3) is 0 Å². The van der Waals surface area contributed by atoms with E-state index in [9.17, 15) is 23.8 Å². The fraction of sp³-hybridized carbons (Fsp3) is 0.706. The summed E-state index contributed by atoms with van der Waals surface area (Å²) in [5.41, 5.74) is 0. The van der Waals surface area contributed by atoms with Crippen LogP contribution < -0.4 is 9.46 Å². The molecule has 0 spiro atoms. The summed E-state index contributed by atoms with van der Waals surface area (Å²) >= 11 is 1.62. The molecule has 27 heavy (non-hydrogen) atoms. The van der Waals surface area contributed by atoms with Gasteiger partial charge in [0.05, 0.1) is 4.90 Å². The second kappa shape index (κ2) is 11.1. The van der Waals surface area contributed by atoms with Gasteiger partial charge >= 0.3 is 7.60 Å². The summed E-state index contributed by atoms with van der Waals surface area (Å²) in [6.07, 6.45) is 7.91. The first-order chi connectivity index (χ1) is 12.4. The quantitative estimate of drug-likeness (QED) is 0.260. The standard InChI is InChI=1S/C17H31NO6P2S/c1-14(2)6-4-7-15(3)9-11-27-16-8-5-10-18(12-16)13-17(25(19,20)21)26(22,23)24/h5,8,10,12,14-15,17H,4,6-7,9,11,13H2,1-3H3,(H3-,19,20,21,22,23,24). The lowest BCUT2D eigenvalue weighted by Gasteiger charge is -2.25. The average Bonchev–Trinajstić information content (AvgIpc) is 2.50. The molecule has 0 fully saturated rings. The Balaban J connectivity index is 2.59. The van der Waals surface area contributed by atoms with Crippen LogP contribution >= 0.6 is 27.0 Å². The molecule has 10 heteroatoms. The van der Waals surface area contributed by atoms with Gasteiger partial charge in [-0.3, -0.25) is 4.57 Å². The predicted octanol–water partition coefficient (Wildman–Crippen LogP) is 2.97. The van der Waals surface area contributed by atoms with Crippen molar-refractivity contribution in [2.24, 2.45) is 11.8 Å². The Kier molecular flexibility index (Phi) is 10.2. The van der Waals surface area contributed by atoms with Crippen molar-refractivity contribution >= 4 is 27.0 Å². The minimum absolute atomic E-state index is 0.498. The normalized spacial score (nSPS) is 16.9. The topological polar surface area (TPSA) is 122 Å². The van der Waals surface area contributed by atoms with Gasteiger partial charge in [-0.1, -0.05) is 40.0 Å². The number of hydrogen-bond donors (Lipinski definition) is 3. The molecular weight excluding hydrogens is 408 g/mol. The third kappa shape index (κ3) is 10.2. The van der Waals surface area contributed by atoms with Crippen molar-refractivity contribution in [3.05, 3.63) is 24.5 Å². The van der Waals surface area contributed by atoms with Crippen molar-refractivity contribution in [3.8, 4) is 0 Å². The van der Waals surface area contributed by atoms with E-state index in [1.54, 1.807) is 24.0 Å². The molecule has 3 unspecified atom stereocenters. The van der Waals surface area contributed by atoms with Crippen LogP contribution in [0.1, 0.15) is 46.5 Å². The number of pyridine rings is 1. The highest BCUT2D eigenvalue weighted by atomic mass is 32.2. The third-order valence-corrected chi connectivity index (χ3v) is 8.98. The molecule has 0 saturated carbocycles. The van der Waals surface area contributed by atoms with Crippen molar-refractivity contribution in [2.75, 3.05) is 5.75 Å². The van der Waals surface area contributed by atoms with Gasteiger partial charge in [0.1, 0.15) is 0 Å². The highest BCUT2D eigenvalue weighted by molar-refractivity contribution is 7.99. The fourth-order valence-electron chi connectivity index (χ4n) is 2.68. The van der Waals surface area contributed by atoms with E-state index in [0.29, 0.717) is 5.92 Å². The van der Waals surface area contributed by atoms with E-state index in [0.717, 1.165) is 23.0 Å². The minimum atomic E-state index is -5.17. The maximum absolute atomic E-state index is 11.4. The Morgan fingerprint density at radius 1 is 1.15 bits per heavy atom. The van der Waals surface area contributed by atoms with Crippen LogP contribution in [0.25, 0.3) is 0 Å². The van der Waals surface area contributed by atoms with Gasteiger partial charge in [-0.2, -0.15) is 0 Å². The number of thioether (sulfide) groups is 1. The second-order valence-electron chi connectivity index (χ2n) is 7.44. The number of hydrogen-bond acceptors (Lipinski definition) is 4. The summed E-state index contributed by atoms with van der Waals surface area (Å²) < 4.78 is 24.1. The molecule has 0 radical (unpaired) electrons. The van der Waals surface area contributed by atoms with E-state index in [1.165, 1.54) is 30.0 Å². The summed E-state index contributed by atoms with van der Waals surface area (Å²) in [4.78, 5) is 39.8. The fourth-order valence-corrected chi connectivity index (χ4v) is 6.14. The molecule has 1 aromatic rings. The van der Waals surface area contributed by atoms with Gasteiger partial charge < -0.3 is 24.1 Å². The summed E-state index contributed by atoms with van der Waals surface area (Å²) in [6.45, 7) is 6.20. The number of nitrogens with zero attached hydrogens (tertiary/aromatic N) is 1. The minimum Gasteiger partial charge on any atom is -0.778 e. The molecule has 156 valence electrons. The maximum atomic E-state index is 11.4. The molecule has 1 aromatic heterocycles. The van der Waals surface area contributed by atoms with Crippen molar-refractivity contribution < 1.29 is 33.3 Å². The van der Waals surface area contributed by atoms with E-state index in [2.05, 4.69) is 20.8 Å². The van der Waals surface area contributed by atoms with Gasteiger partial charge in [-0.15, -0.1) is 11.8 Å². The molecule has 3 atom stereocenters. The Morgan fingerprint density at radius 2 is 1.81 bits per heavy atom. The van der Waals surface area contributed by atoms with Crippen LogP contribution in [0.15, 0.2) is 29.4 Å². The molecule has 3 N–H and O–H groups in total. The van der Waals surface area contributed by atoms with Crippen molar-refractivity contribution in [3.63, 3.8) is 0 Å². The molecule has 0 aromatic carbocycles. The lowest BCUT2D eigenvalue weighted by molar-refractivity contribution is -0.696. The lowest BCUT2D eigenvalue weighted by atomic mass is 9.98. The van der Waals surface area contributed by atoms with Crippen LogP contribution in [0.5, 0.6) is 0 Å². The smallest absolute Gasteiger partial charge is 0.343 e. The molecule has 0 aliphatic carbocycles. The van der Waals surface area contributed by atoms with Crippen LogP contribution in [-0.4, -0.2) is 25.8 Å². The second-order valence-corrected chi connectivity index (χ2v) is 12.6. The molecule has 0 aliphatic rings. The molecule has 1 heterocycles. The summed E-state index contributed by atoms with van der Waals surface area (Å²) in [7, 11) is -10.2. The zero-order chi connectivity index (χ0) is 20.7. The zero-order valence-electron chi connectivity index (χ0n) is 16.1. The van der Waals surface area contributed by atoms with Gasteiger partial charge in [-0.25, -0.2) is 4.57 Å². The van der Waals surface area contributed by atoms with Gasteiger partial charge in [0, 0.05) is 6.07 Å². The summed E-state index contributed by atoms with van der Waals surface area (Å²) in [6, 6.07) is 3.56. The zero-order valence-corrected chi connectivity index (χ0v) is 18.7. The summed E-state index contributed by atoms with van der Waals surface area (Å²) in [5, 5.41) is -2.14. The molecular formula is C17H31NO6P2S. The lowest BCUT2D eigenvalue weighted by Crippen LogP contribution is -2.40. The predicted molar refractivity (Wildman–Crippen MR) is 105 cm³/mol. The highest BCUT2D eigenvalue weighted by Crippen LogP contribution is 2.57. The molecule has 0 saturated heterocycles. The Bertz CT molecular complexity index is 653. The highest BCUT2D eigenvalue weighted by Gasteiger charge is 2.40. The van der Waals surface area contributed by atoms with E-state index in [1.807, 2.05) is 6.07 Å². The number of rotatable bonds is 12. The molecule has 0 bridgehead atoms. The van der Waals surface area contributed by atoms with Gasteiger partial charge in [0.2, 0.25) is 0 Å². The third-order valence-electron chi connectivity index (χ3n) is 4.33. The van der Waals surface area contributed by atoms with Crippen LogP contribution in [0.3, 0.4) is 0 Å². The first kappa shape index (κ1) is 24.8. The molecule has 0 amide bonds. The SMILES string of the molecule is CC(C)CCCC(C)CCSc1ccc[n+](CC(P(=O)([O-])O)P(=O)(O)O)c1. The molecule has 7 nitrogen and oxygen atoms in total. The van der Waals surface area contributed by atoms with Crippen molar-refractivity contribution in [2.45, 2.75) is 63.3 Å². The van der Waals surface area contributed by atoms with Crippen molar-refractivity contribution in [1.82, 2.24) is 0 Å². The van der Waals surface area contributed by atoms with Crippen molar-refractivity contribution in [1.29, 1.82) is 0 Å².